The molecule has 0 fully saturated rings. The minimum atomic E-state index is -1.13. The van der Waals surface area contributed by atoms with Gasteiger partial charge in [0.05, 0.1) is 44.1 Å². The lowest BCUT2D eigenvalue weighted by atomic mass is 9.83. The van der Waals surface area contributed by atoms with Gasteiger partial charge in [-0.2, -0.15) is 5.26 Å². The van der Waals surface area contributed by atoms with Gasteiger partial charge in [0.25, 0.3) is 16.9 Å². The Morgan fingerprint density at radius 3 is 2.46 bits per heavy atom. The van der Waals surface area contributed by atoms with E-state index in [1.165, 1.54) is 48.5 Å². The van der Waals surface area contributed by atoms with Crippen molar-refractivity contribution in [1.29, 1.82) is 5.26 Å². The Labute approximate surface area is 211 Å². The Balaban J connectivity index is 2.05. The van der Waals surface area contributed by atoms with E-state index >= 15 is 0 Å². The number of fused-ring (bicyclic) bond motifs is 1. The number of thiazole rings is 1. The zero-order chi connectivity index (χ0) is 26.9. The molecule has 0 unspecified atom stereocenters. The molecule has 186 valence electrons. The predicted octanol–water partition coefficient (Wildman–Crippen LogP) is 1.72. The fraction of sp³-hybridized carbons (Fsp3) is 0.125. The lowest BCUT2D eigenvalue weighted by Gasteiger charge is -2.24. The number of esters is 1. The summed E-state index contributed by atoms with van der Waals surface area (Å²) >= 11 is 0.909. The van der Waals surface area contributed by atoms with Gasteiger partial charge in [0.1, 0.15) is 10.5 Å². The minimum absolute atomic E-state index is 0.0175. The summed E-state index contributed by atoms with van der Waals surface area (Å²) in [6, 6.07) is 13.1. The van der Waals surface area contributed by atoms with E-state index in [2.05, 4.69) is 0 Å². The summed E-state index contributed by atoms with van der Waals surface area (Å²) in [6.07, 6.45) is 1.42. The Morgan fingerprint density at radius 2 is 1.84 bits per heavy atom. The van der Waals surface area contributed by atoms with Crippen molar-refractivity contribution in [1.82, 2.24) is 4.57 Å². The molecule has 2 aromatic carbocycles. The number of hydrogen-bond donors (Lipinski definition) is 1. The van der Waals surface area contributed by atoms with Crippen LogP contribution < -0.4 is 20.5 Å². The maximum Gasteiger partial charge on any atom is 0.338 e. The fourth-order valence-electron chi connectivity index (χ4n) is 3.99. The number of aromatic nitrogens is 1. The zero-order valence-electron chi connectivity index (χ0n) is 19.1. The topological polar surface area (TPSA) is 184 Å². The molecule has 1 aromatic heterocycles. The van der Waals surface area contributed by atoms with Crippen molar-refractivity contribution in [2.24, 2.45) is 5.73 Å². The molecule has 0 bridgehead atoms. The molecule has 13 heteroatoms. The van der Waals surface area contributed by atoms with Crippen LogP contribution in [0.1, 0.15) is 24.0 Å². The Morgan fingerprint density at radius 1 is 1.19 bits per heavy atom. The third-order valence-electron chi connectivity index (χ3n) is 5.56. The maximum atomic E-state index is 13.4. The molecule has 2 heterocycles. The molecule has 0 radical (unpaired) electrons. The van der Waals surface area contributed by atoms with Crippen LogP contribution in [0.3, 0.4) is 0 Å². The third kappa shape index (κ3) is 4.48. The van der Waals surface area contributed by atoms with Crippen LogP contribution >= 0.6 is 11.3 Å². The van der Waals surface area contributed by atoms with Crippen LogP contribution in [-0.2, 0) is 9.53 Å². The van der Waals surface area contributed by atoms with Gasteiger partial charge in [0.15, 0.2) is 0 Å². The van der Waals surface area contributed by atoms with Crippen molar-refractivity contribution in [3.63, 3.8) is 0 Å². The number of nitriles is 1. The zero-order valence-corrected chi connectivity index (χ0v) is 19.9. The summed E-state index contributed by atoms with van der Waals surface area (Å²) in [5, 5.41) is 32.6. The van der Waals surface area contributed by atoms with Crippen molar-refractivity contribution >= 4 is 46.2 Å². The summed E-state index contributed by atoms with van der Waals surface area (Å²) in [5.41, 5.74) is 5.63. The molecule has 0 amide bonds. The summed E-state index contributed by atoms with van der Waals surface area (Å²) in [5.74, 6) is -2.28. The van der Waals surface area contributed by atoms with E-state index in [4.69, 9.17) is 10.5 Å². The van der Waals surface area contributed by atoms with Gasteiger partial charge < -0.3 is 10.5 Å². The van der Waals surface area contributed by atoms with Crippen LogP contribution in [0.15, 0.2) is 58.9 Å². The molecule has 37 heavy (non-hydrogen) atoms. The Hall–Kier alpha value is -5.09. The van der Waals surface area contributed by atoms with E-state index < -0.39 is 27.3 Å². The molecule has 1 atom stereocenters. The van der Waals surface area contributed by atoms with E-state index in [-0.39, 0.29) is 49.7 Å². The van der Waals surface area contributed by atoms with Gasteiger partial charge in [0, 0.05) is 24.3 Å². The first-order valence-corrected chi connectivity index (χ1v) is 11.5. The first kappa shape index (κ1) is 25.0. The molecular weight excluding hydrogens is 502 g/mol. The van der Waals surface area contributed by atoms with E-state index in [1.807, 2.05) is 6.07 Å². The molecule has 12 nitrogen and oxygen atoms in total. The standard InChI is InChI=1S/C24H17N5O7S/c1-2-36-24(31)20-19(14-6-4-8-16(11-14)29(34)35)17(12-25)23-27(21(20)26)22(30)18(37-23)10-13-5-3-7-15(9-13)28(32)33/h3-11,19H,2,26H2,1H3/b18-10+/t19-/m0/s1. The molecule has 2 N–H and O–H groups in total. The molecule has 1 aliphatic heterocycles. The van der Waals surface area contributed by atoms with Crippen LogP contribution in [-0.4, -0.2) is 27.0 Å². The lowest BCUT2D eigenvalue weighted by Crippen LogP contribution is -2.40. The number of carbonyl (C=O) groups is 1. The number of nitrogens with zero attached hydrogens (tertiary/aromatic N) is 4. The monoisotopic (exact) mass is 519 g/mol. The number of hydrogen-bond acceptors (Lipinski definition) is 10. The van der Waals surface area contributed by atoms with Crippen molar-refractivity contribution < 1.29 is 19.4 Å². The average Bonchev–Trinajstić information content (AvgIpc) is 3.20. The first-order chi connectivity index (χ1) is 17.7. The quantitative estimate of drug-likeness (QED) is 0.288. The smallest absolute Gasteiger partial charge is 0.338 e. The van der Waals surface area contributed by atoms with Crippen LogP contribution in [0.25, 0.3) is 17.5 Å². The van der Waals surface area contributed by atoms with Crippen molar-refractivity contribution in [3.05, 3.63) is 105 Å². The molecule has 1 aliphatic rings. The van der Waals surface area contributed by atoms with Crippen LogP contribution in [0.2, 0.25) is 0 Å². The number of non-ortho nitro benzene ring substituents is 2. The second-order valence-electron chi connectivity index (χ2n) is 7.74. The van der Waals surface area contributed by atoms with Gasteiger partial charge >= 0.3 is 5.97 Å². The molecule has 0 saturated heterocycles. The van der Waals surface area contributed by atoms with Gasteiger partial charge in [0.2, 0.25) is 0 Å². The summed E-state index contributed by atoms with van der Waals surface area (Å²) in [7, 11) is 0. The van der Waals surface area contributed by atoms with Gasteiger partial charge in [-0.1, -0.05) is 24.3 Å². The molecule has 3 aromatic rings. The summed E-state index contributed by atoms with van der Waals surface area (Å²) in [6.45, 7) is 1.55. The summed E-state index contributed by atoms with van der Waals surface area (Å²) < 4.78 is 6.41. The average molecular weight is 519 g/mol. The molecule has 0 aliphatic carbocycles. The molecule has 0 saturated carbocycles. The van der Waals surface area contributed by atoms with Gasteiger partial charge in [-0.3, -0.25) is 29.6 Å². The van der Waals surface area contributed by atoms with E-state index in [0.717, 1.165) is 15.9 Å². The Bertz CT molecular complexity index is 1730. The fourth-order valence-corrected chi connectivity index (χ4v) is 5.12. The number of nitro benzene ring substituents is 2. The number of nitro groups is 2. The second-order valence-corrected chi connectivity index (χ2v) is 8.77. The van der Waals surface area contributed by atoms with Gasteiger partial charge in [-0.25, -0.2) is 4.79 Å². The third-order valence-corrected chi connectivity index (χ3v) is 6.67. The highest BCUT2D eigenvalue weighted by Crippen LogP contribution is 2.37. The van der Waals surface area contributed by atoms with E-state index in [1.54, 1.807) is 13.0 Å². The van der Waals surface area contributed by atoms with Gasteiger partial charge in [-0.05, 0) is 24.1 Å². The van der Waals surface area contributed by atoms with Gasteiger partial charge in [-0.15, -0.1) is 11.3 Å². The lowest BCUT2D eigenvalue weighted by molar-refractivity contribution is -0.385. The minimum Gasteiger partial charge on any atom is -0.463 e. The van der Waals surface area contributed by atoms with E-state index in [0.29, 0.717) is 5.56 Å². The SMILES string of the molecule is CCOC(=O)C1=C(N)n2c(s/c(=C/c3cccc([N+](=O)[O-])c3)c2=O)=C(C#N)[C@@H]1c1cccc([N+](=O)[O-])c1. The highest BCUT2D eigenvalue weighted by Gasteiger charge is 2.37. The van der Waals surface area contributed by atoms with Crippen LogP contribution in [0.4, 0.5) is 11.4 Å². The van der Waals surface area contributed by atoms with Crippen molar-refractivity contribution in [2.45, 2.75) is 12.8 Å². The molecule has 4 rings (SSSR count). The van der Waals surface area contributed by atoms with Crippen molar-refractivity contribution in [3.8, 4) is 6.07 Å². The maximum absolute atomic E-state index is 13.4. The Kier molecular flexibility index (Phi) is 6.68. The van der Waals surface area contributed by atoms with Crippen molar-refractivity contribution in [2.75, 3.05) is 6.61 Å². The number of benzene rings is 2. The normalized spacial score (nSPS) is 15.2. The molecule has 0 spiro atoms. The predicted molar refractivity (Wildman–Crippen MR) is 133 cm³/mol. The van der Waals surface area contributed by atoms with Crippen LogP contribution in [0, 0.1) is 31.6 Å². The number of carbonyl (C=O) groups excluding carboxylic acids is 1. The first-order valence-electron chi connectivity index (χ1n) is 10.7. The molecular formula is C24H17N5O7S. The number of rotatable bonds is 6. The van der Waals surface area contributed by atoms with E-state index in [9.17, 15) is 35.1 Å². The largest absolute Gasteiger partial charge is 0.463 e. The second kappa shape index (κ2) is 9.88. The number of nitrogens with two attached hydrogens (primary N) is 1. The summed E-state index contributed by atoms with van der Waals surface area (Å²) in [4.78, 5) is 47.7. The number of ether oxygens (including phenoxy) is 1. The highest BCUT2D eigenvalue weighted by atomic mass is 32.1. The highest BCUT2D eigenvalue weighted by molar-refractivity contribution is 7.07. The van der Waals surface area contributed by atoms with Crippen LogP contribution in [0.5, 0.6) is 0 Å².